The Bertz CT molecular complexity index is 1130. The lowest BCUT2D eigenvalue weighted by atomic mass is 10.1. The van der Waals surface area contributed by atoms with Crippen LogP contribution < -0.4 is 25.4 Å². The number of hydrogen-bond acceptors (Lipinski definition) is 6. The van der Waals surface area contributed by atoms with Crippen molar-refractivity contribution in [3.05, 3.63) is 82.2 Å². The van der Waals surface area contributed by atoms with Gasteiger partial charge in [-0.3, -0.25) is 0 Å². The third-order valence-corrected chi connectivity index (χ3v) is 5.31. The van der Waals surface area contributed by atoms with Crippen molar-refractivity contribution in [3.8, 4) is 11.5 Å². The number of halogens is 5. The first-order valence-corrected chi connectivity index (χ1v) is 10.2. The molecule has 0 amide bonds. The van der Waals surface area contributed by atoms with Gasteiger partial charge in [0.2, 0.25) is 5.95 Å². The van der Waals surface area contributed by atoms with E-state index in [0.29, 0.717) is 39.2 Å². The van der Waals surface area contributed by atoms with Crippen LogP contribution in [0.15, 0.2) is 65.1 Å². The summed E-state index contributed by atoms with van der Waals surface area (Å²) in [6.45, 7) is 0.00117. The second-order valence-corrected chi connectivity index (χ2v) is 7.56. The molecule has 4 rings (SSSR count). The highest BCUT2D eigenvalue weighted by Crippen LogP contribution is 2.36. The number of allylic oxidation sites excluding steroid dienone is 2. The van der Waals surface area contributed by atoms with Gasteiger partial charge in [0.25, 0.3) is 0 Å². The molecule has 1 atom stereocenters. The van der Waals surface area contributed by atoms with E-state index in [2.05, 4.69) is 20.9 Å². The molecule has 2 aliphatic rings. The van der Waals surface area contributed by atoms with Crippen LogP contribution in [0.2, 0.25) is 0 Å². The predicted octanol–water partition coefficient (Wildman–Crippen LogP) is 4.34. The number of nitrogens with one attached hydrogen (secondary N) is 3. The summed E-state index contributed by atoms with van der Waals surface area (Å²) >= 11 is 6.38. The van der Waals surface area contributed by atoms with Crippen molar-refractivity contribution < 1.29 is 27.0 Å². The van der Waals surface area contributed by atoms with Gasteiger partial charge in [0.1, 0.15) is 29.4 Å². The molecule has 2 aromatic rings. The van der Waals surface area contributed by atoms with E-state index >= 15 is 0 Å². The summed E-state index contributed by atoms with van der Waals surface area (Å²) in [5.41, 5.74) is 1.49. The van der Waals surface area contributed by atoms with E-state index in [9.17, 15) is 17.6 Å². The lowest BCUT2D eigenvalue weighted by molar-refractivity contribution is -0.0887. The molecule has 0 saturated carbocycles. The minimum absolute atomic E-state index is 0.0706. The summed E-state index contributed by atoms with van der Waals surface area (Å²) in [4.78, 5) is 3.64. The van der Waals surface area contributed by atoms with Crippen molar-refractivity contribution in [1.82, 2.24) is 20.9 Å². The maximum Gasteiger partial charge on any atom is 0.416 e. The van der Waals surface area contributed by atoms with Crippen LogP contribution in [0.1, 0.15) is 17.3 Å². The lowest BCUT2D eigenvalue weighted by Crippen LogP contribution is -2.25. The third-order valence-electron chi connectivity index (χ3n) is 5.01. The zero-order valence-electron chi connectivity index (χ0n) is 17.3. The van der Waals surface area contributed by atoms with Gasteiger partial charge in [-0.15, -0.1) is 0 Å². The zero-order valence-corrected chi connectivity index (χ0v) is 18.0. The topological polar surface area (TPSA) is 67.4 Å². The van der Waals surface area contributed by atoms with Crippen LogP contribution in [0, 0.1) is 5.95 Å². The van der Waals surface area contributed by atoms with E-state index in [1.165, 1.54) is 19.4 Å². The molecule has 3 heterocycles. The summed E-state index contributed by atoms with van der Waals surface area (Å²) in [5, 5.41) is 9.47. The van der Waals surface area contributed by atoms with Gasteiger partial charge in [0, 0.05) is 35.6 Å². The lowest BCUT2D eigenvalue weighted by Gasteiger charge is -2.19. The van der Waals surface area contributed by atoms with Crippen LogP contribution in [-0.2, 0) is 0 Å². The fourth-order valence-electron chi connectivity index (χ4n) is 3.37. The van der Waals surface area contributed by atoms with Crippen molar-refractivity contribution in [2.24, 2.45) is 0 Å². The van der Waals surface area contributed by atoms with Gasteiger partial charge >= 0.3 is 6.18 Å². The number of benzene rings is 1. The smallest absolute Gasteiger partial charge is 0.416 e. The molecular formula is C22H19ClF4N4O2. The monoisotopic (exact) mass is 482 g/mol. The quantitative estimate of drug-likeness (QED) is 0.323. The maximum absolute atomic E-state index is 13.1. The van der Waals surface area contributed by atoms with Gasteiger partial charge in [-0.2, -0.15) is 17.6 Å². The van der Waals surface area contributed by atoms with Gasteiger partial charge < -0.3 is 25.4 Å². The molecule has 0 fully saturated rings. The average Bonchev–Trinajstić information content (AvgIpc) is 3.19. The molecule has 0 radical (unpaired) electrons. The van der Waals surface area contributed by atoms with Gasteiger partial charge in [-0.1, -0.05) is 17.7 Å². The molecule has 1 aromatic heterocycles. The second kappa shape index (κ2) is 9.22. The highest BCUT2D eigenvalue weighted by Gasteiger charge is 2.33. The van der Waals surface area contributed by atoms with Gasteiger partial charge in [0.15, 0.2) is 0 Å². The van der Waals surface area contributed by atoms with Crippen LogP contribution in [-0.4, -0.2) is 31.4 Å². The Morgan fingerprint density at radius 3 is 2.70 bits per heavy atom. The van der Waals surface area contributed by atoms with E-state index < -0.39 is 23.9 Å². The van der Waals surface area contributed by atoms with Gasteiger partial charge in [-0.05, 0) is 30.3 Å². The summed E-state index contributed by atoms with van der Waals surface area (Å²) in [6.07, 6.45) is -1.32. The largest absolute Gasteiger partial charge is 0.496 e. The molecule has 2 aliphatic heterocycles. The number of nitrogens with zero attached hydrogens (tertiary/aromatic N) is 1. The number of hydrogen-bond donors (Lipinski definition) is 3. The Balaban J connectivity index is 1.47. The summed E-state index contributed by atoms with van der Waals surface area (Å²) in [6, 6.07) is 7.83. The molecule has 0 bridgehead atoms. The van der Waals surface area contributed by atoms with E-state index in [-0.39, 0.29) is 13.2 Å². The van der Waals surface area contributed by atoms with Crippen molar-refractivity contribution in [2.45, 2.75) is 12.3 Å². The summed E-state index contributed by atoms with van der Waals surface area (Å²) in [5.74, 6) is 0.260. The fraction of sp³-hybridized carbons (Fsp3) is 0.227. The Labute approximate surface area is 191 Å². The maximum atomic E-state index is 13.1. The number of alkyl halides is 3. The molecular weight excluding hydrogens is 464 g/mol. The van der Waals surface area contributed by atoms with Crippen molar-refractivity contribution in [3.63, 3.8) is 0 Å². The SMILES string of the molecule is COc1cc(OCC2=CC(C(F)(F)F)=CCN2)ccc1C1=C(Cl)NC(c2ccc(F)nc2)N1. The minimum Gasteiger partial charge on any atom is -0.496 e. The Morgan fingerprint density at radius 1 is 1.18 bits per heavy atom. The van der Waals surface area contributed by atoms with Crippen LogP contribution >= 0.6 is 11.6 Å². The standard InChI is InChI=1S/C22H19ClF4N4O2/c1-32-17-9-15(33-11-14-8-13(6-7-28-14)22(25,26)27)3-4-16(17)19-20(23)31-21(30-19)12-2-5-18(24)29-10-12/h2-6,8-10,21,28,30-31H,7,11H2,1H3. The first-order chi connectivity index (χ1) is 15.7. The summed E-state index contributed by atoms with van der Waals surface area (Å²) in [7, 11) is 1.48. The Hall–Kier alpha value is -3.40. The highest BCUT2D eigenvalue weighted by atomic mass is 35.5. The number of aromatic nitrogens is 1. The minimum atomic E-state index is -4.41. The third kappa shape index (κ3) is 5.16. The first-order valence-electron chi connectivity index (χ1n) is 9.82. The molecule has 1 unspecified atom stereocenters. The Kier molecular flexibility index (Phi) is 6.37. The van der Waals surface area contributed by atoms with Crippen molar-refractivity contribution in [2.75, 3.05) is 20.3 Å². The number of methoxy groups -OCH3 is 1. The average molecular weight is 483 g/mol. The van der Waals surface area contributed by atoms with E-state index in [1.54, 1.807) is 24.3 Å². The van der Waals surface area contributed by atoms with Crippen molar-refractivity contribution in [1.29, 1.82) is 0 Å². The molecule has 3 N–H and O–H groups in total. The summed E-state index contributed by atoms with van der Waals surface area (Å²) < 4.78 is 63.0. The van der Waals surface area contributed by atoms with E-state index in [1.807, 2.05) is 0 Å². The van der Waals surface area contributed by atoms with Crippen LogP contribution in [0.25, 0.3) is 5.70 Å². The molecule has 0 aliphatic carbocycles. The molecule has 33 heavy (non-hydrogen) atoms. The molecule has 0 spiro atoms. The van der Waals surface area contributed by atoms with Gasteiger partial charge in [-0.25, -0.2) is 4.98 Å². The second-order valence-electron chi connectivity index (χ2n) is 7.18. The van der Waals surface area contributed by atoms with E-state index in [0.717, 1.165) is 12.2 Å². The number of ether oxygens (including phenoxy) is 2. The number of dihydropyridines is 1. The highest BCUT2D eigenvalue weighted by molar-refractivity contribution is 6.32. The van der Waals surface area contributed by atoms with Crippen LogP contribution in [0.5, 0.6) is 11.5 Å². The number of rotatable bonds is 6. The normalized spacial score (nSPS) is 18.1. The molecule has 6 nitrogen and oxygen atoms in total. The number of pyridine rings is 1. The van der Waals surface area contributed by atoms with Crippen LogP contribution in [0.3, 0.4) is 0 Å². The van der Waals surface area contributed by atoms with Gasteiger partial charge in [0.05, 0.1) is 18.4 Å². The van der Waals surface area contributed by atoms with Crippen molar-refractivity contribution >= 4 is 17.3 Å². The molecule has 11 heteroatoms. The molecule has 0 saturated heterocycles. The predicted molar refractivity (Wildman–Crippen MR) is 115 cm³/mol. The first kappa shape index (κ1) is 22.8. The molecule has 174 valence electrons. The fourth-order valence-corrected chi connectivity index (χ4v) is 3.64. The molecule has 1 aromatic carbocycles. The zero-order chi connectivity index (χ0) is 23.6. The van der Waals surface area contributed by atoms with E-state index in [4.69, 9.17) is 21.1 Å². The Morgan fingerprint density at radius 2 is 2.00 bits per heavy atom. The van der Waals surface area contributed by atoms with Crippen LogP contribution in [0.4, 0.5) is 17.6 Å².